The summed E-state index contributed by atoms with van der Waals surface area (Å²) in [5, 5.41) is 3.28. The predicted octanol–water partition coefficient (Wildman–Crippen LogP) is 2.28. The molecular weight excluding hydrogens is 376 g/mol. The van der Waals surface area contributed by atoms with Crippen LogP contribution in [0.1, 0.15) is 16.8 Å². The van der Waals surface area contributed by atoms with Gasteiger partial charge in [-0.15, -0.1) is 0 Å². The maximum atomic E-state index is 14.3. The number of aryl methyl sites for hydroxylation is 1. The minimum Gasteiger partial charge on any atom is -0.398 e. The summed E-state index contributed by atoms with van der Waals surface area (Å²) in [4.78, 5) is 10.6. The number of nitrogen functional groups attached to an aromatic ring is 1. The van der Waals surface area contributed by atoms with E-state index in [0.29, 0.717) is 28.2 Å². The molecular formula is C20H23F2N7. The molecule has 0 amide bonds. The van der Waals surface area contributed by atoms with E-state index >= 15 is 0 Å². The van der Waals surface area contributed by atoms with Gasteiger partial charge in [-0.2, -0.15) is 0 Å². The van der Waals surface area contributed by atoms with Crippen LogP contribution in [0.25, 0.3) is 5.65 Å². The average molecular weight is 399 g/mol. The number of amidine groups is 1. The summed E-state index contributed by atoms with van der Waals surface area (Å²) in [6, 6.07) is 4.78. The molecule has 1 aliphatic heterocycles. The van der Waals surface area contributed by atoms with Crippen LogP contribution >= 0.6 is 0 Å². The highest BCUT2D eigenvalue weighted by atomic mass is 19.1. The molecule has 3 aromatic rings. The number of hydrogen-bond acceptors (Lipinski definition) is 5. The molecule has 0 saturated carbocycles. The number of rotatable bonds is 4. The van der Waals surface area contributed by atoms with Gasteiger partial charge in [0.1, 0.15) is 12.5 Å². The van der Waals surface area contributed by atoms with Gasteiger partial charge in [-0.3, -0.25) is 0 Å². The lowest BCUT2D eigenvalue weighted by Crippen LogP contribution is -2.43. The smallest absolute Gasteiger partial charge is 0.173 e. The van der Waals surface area contributed by atoms with Crippen molar-refractivity contribution < 1.29 is 8.78 Å². The first-order chi connectivity index (χ1) is 14.0. The van der Waals surface area contributed by atoms with Gasteiger partial charge in [-0.25, -0.2) is 18.8 Å². The quantitative estimate of drug-likeness (QED) is 0.355. The summed E-state index contributed by atoms with van der Waals surface area (Å²) in [7, 11) is 0. The van der Waals surface area contributed by atoms with Crippen molar-refractivity contribution >= 4 is 28.5 Å². The van der Waals surface area contributed by atoms with Gasteiger partial charge in [-0.1, -0.05) is 0 Å². The lowest BCUT2D eigenvalue weighted by molar-refractivity contribution is 0.484. The Morgan fingerprint density at radius 2 is 2.00 bits per heavy atom. The molecule has 152 valence electrons. The normalized spacial score (nSPS) is 15.3. The zero-order valence-corrected chi connectivity index (χ0v) is 16.1. The molecule has 1 aromatic carbocycles. The number of fused-ring (bicyclic) bond motifs is 1. The molecule has 0 atom stereocenters. The van der Waals surface area contributed by atoms with Crippen molar-refractivity contribution in [3.05, 3.63) is 53.2 Å². The molecule has 0 radical (unpaired) electrons. The monoisotopic (exact) mass is 399 g/mol. The Balaban J connectivity index is 1.73. The number of hydrogen-bond donors (Lipinski definition) is 3. The van der Waals surface area contributed by atoms with Gasteiger partial charge in [-0.05, 0) is 24.6 Å². The second-order valence-corrected chi connectivity index (χ2v) is 7.10. The maximum Gasteiger partial charge on any atom is 0.173 e. The first kappa shape index (κ1) is 19.1. The lowest BCUT2D eigenvalue weighted by Gasteiger charge is -2.30. The Hall–Kier alpha value is -3.20. The molecule has 0 spiro atoms. The standard InChI is InChI=1S/C20H23F2N7/c1-12-10-29-11-14(7-16(22)20(29)26-12)27-19(24)18-13(9-21)6-15(8-17(18)23)28-4-2-25-3-5-28/h6-8,10-11,25H,2-5,9,23H2,1H3,(H2,24,27). The van der Waals surface area contributed by atoms with Crippen molar-refractivity contribution in [2.75, 3.05) is 36.8 Å². The third-order valence-electron chi connectivity index (χ3n) is 4.98. The molecule has 2 aromatic heterocycles. The van der Waals surface area contributed by atoms with Gasteiger partial charge in [0.2, 0.25) is 0 Å². The van der Waals surface area contributed by atoms with Crippen molar-refractivity contribution in [1.29, 1.82) is 0 Å². The molecule has 1 fully saturated rings. The van der Waals surface area contributed by atoms with E-state index in [9.17, 15) is 8.78 Å². The van der Waals surface area contributed by atoms with Gasteiger partial charge in [0.25, 0.3) is 0 Å². The number of nitrogens with one attached hydrogen (secondary N) is 1. The summed E-state index contributed by atoms with van der Waals surface area (Å²) < 4.78 is 29.7. The minimum absolute atomic E-state index is 0.0394. The number of aliphatic imine (C=N–C) groups is 1. The number of pyridine rings is 1. The van der Waals surface area contributed by atoms with Crippen LogP contribution in [-0.2, 0) is 6.67 Å². The van der Waals surface area contributed by atoms with E-state index in [4.69, 9.17) is 11.5 Å². The molecule has 29 heavy (non-hydrogen) atoms. The van der Waals surface area contributed by atoms with Crippen molar-refractivity contribution in [2.24, 2.45) is 10.7 Å². The number of imidazole rings is 1. The van der Waals surface area contributed by atoms with E-state index in [2.05, 4.69) is 20.2 Å². The molecule has 1 saturated heterocycles. The van der Waals surface area contributed by atoms with Crippen molar-refractivity contribution in [3.63, 3.8) is 0 Å². The zero-order valence-electron chi connectivity index (χ0n) is 16.1. The number of aromatic nitrogens is 2. The summed E-state index contributed by atoms with van der Waals surface area (Å²) in [6.07, 6.45) is 3.31. The van der Waals surface area contributed by atoms with Crippen LogP contribution in [0.3, 0.4) is 0 Å². The number of nitrogens with zero attached hydrogens (tertiary/aromatic N) is 4. The molecule has 7 nitrogen and oxygen atoms in total. The van der Waals surface area contributed by atoms with Gasteiger partial charge < -0.3 is 26.1 Å². The second-order valence-electron chi connectivity index (χ2n) is 7.10. The van der Waals surface area contributed by atoms with Gasteiger partial charge in [0.05, 0.1) is 11.4 Å². The van der Waals surface area contributed by atoms with Gasteiger partial charge in [0, 0.05) is 61.6 Å². The highest BCUT2D eigenvalue weighted by molar-refractivity contribution is 6.05. The first-order valence-electron chi connectivity index (χ1n) is 9.39. The number of anilines is 2. The van der Waals surface area contributed by atoms with E-state index in [1.807, 2.05) is 0 Å². The molecule has 0 aliphatic carbocycles. The maximum absolute atomic E-state index is 14.3. The van der Waals surface area contributed by atoms with E-state index < -0.39 is 12.5 Å². The second kappa shape index (κ2) is 7.67. The Morgan fingerprint density at radius 3 is 2.72 bits per heavy atom. The Kier molecular flexibility index (Phi) is 5.06. The Labute approximate surface area is 167 Å². The van der Waals surface area contributed by atoms with Crippen molar-refractivity contribution in [3.8, 4) is 0 Å². The van der Waals surface area contributed by atoms with Crippen LogP contribution in [0.15, 0.2) is 35.6 Å². The molecule has 4 rings (SSSR count). The lowest BCUT2D eigenvalue weighted by atomic mass is 10.0. The fourth-order valence-corrected chi connectivity index (χ4v) is 3.65. The average Bonchev–Trinajstić information content (AvgIpc) is 3.08. The highest BCUT2D eigenvalue weighted by Gasteiger charge is 2.17. The molecule has 9 heteroatoms. The van der Waals surface area contributed by atoms with Crippen molar-refractivity contribution in [2.45, 2.75) is 13.6 Å². The summed E-state index contributed by atoms with van der Waals surface area (Å²) in [5.74, 6) is -0.475. The van der Waals surface area contributed by atoms with E-state index in [1.54, 1.807) is 35.9 Å². The van der Waals surface area contributed by atoms with Gasteiger partial charge >= 0.3 is 0 Å². The topological polar surface area (TPSA) is 97.0 Å². The number of piperazine rings is 1. The van der Waals surface area contributed by atoms with Crippen molar-refractivity contribution in [1.82, 2.24) is 14.7 Å². The van der Waals surface area contributed by atoms with Crippen LogP contribution in [0.4, 0.5) is 25.8 Å². The van der Waals surface area contributed by atoms with Crippen LogP contribution < -0.4 is 21.7 Å². The summed E-state index contributed by atoms with van der Waals surface area (Å²) in [6.45, 7) is 4.40. The molecule has 1 aliphatic rings. The Bertz CT molecular complexity index is 1080. The number of halogens is 2. The minimum atomic E-state index is -0.732. The third-order valence-corrected chi connectivity index (χ3v) is 4.98. The number of alkyl halides is 1. The number of nitrogens with two attached hydrogens (primary N) is 2. The molecule has 5 N–H and O–H groups in total. The van der Waals surface area contributed by atoms with E-state index in [0.717, 1.165) is 31.9 Å². The first-order valence-corrected chi connectivity index (χ1v) is 9.39. The predicted molar refractivity (Wildman–Crippen MR) is 111 cm³/mol. The molecule has 0 bridgehead atoms. The van der Waals surface area contributed by atoms with Crippen LogP contribution in [0.2, 0.25) is 0 Å². The van der Waals surface area contributed by atoms with Gasteiger partial charge in [0.15, 0.2) is 11.5 Å². The number of benzene rings is 1. The zero-order chi connectivity index (χ0) is 20.5. The van der Waals surface area contributed by atoms with Crippen LogP contribution in [0, 0.1) is 12.7 Å². The van der Waals surface area contributed by atoms with Crippen LogP contribution in [0.5, 0.6) is 0 Å². The SMILES string of the molecule is Cc1cn2cc(N=C(N)c3c(N)cc(N4CCNCC4)cc3CF)cc(F)c2n1. The summed E-state index contributed by atoms with van der Waals surface area (Å²) in [5.41, 5.74) is 15.5. The van der Waals surface area contributed by atoms with Crippen LogP contribution in [-0.4, -0.2) is 41.4 Å². The van der Waals surface area contributed by atoms with E-state index in [-0.39, 0.29) is 11.5 Å². The third kappa shape index (κ3) is 3.73. The molecule has 3 heterocycles. The largest absolute Gasteiger partial charge is 0.398 e. The fourth-order valence-electron chi connectivity index (χ4n) is 3.65. The summed E-state index contributed by atoms with van der Waals surface area (Å²) >= 11 is 0. The molecule has 0 unspecified atom stereocenters. The Morgan fingerprint density at radius 1 is 1.24 bits per heavy atom. The highest BCUT2D eigenvalue weighted by Crippen LogP contribution is 2.28. The van der Waals surface area contributed by atoms with E-state index in [1.165, 1.54) is 6.07 Å². The fraction of sp³-hybridized carbons (Fsp3) is 0.300.